The predicted molar refractivity (Wildman–Crippen MR) is 386 cm³/mol. The first-order chi connectivity index (χ1) is 56.9. The van der Waals surface area contributed by atoms with Gasteiger partial charge in [0.15, 0.2) is 24.8 Å². The summed E-state index contributed by atoms with van der Waals surface area (Å²) >= 11 is 0.212. The number of nitrogens with one attached hydrogen (secondary N) is 2. The van der Waals surface area contributed by atoms with Crippen molar-refractivity contribution in [2.24, 2.45) is 0 Å². The number of anilines is 2. The molecule has 20 atom stereocenters. The van der Waals surface area contributed by atoms with E-state index in [0.29, 0.717) is 0 Å². The van der Waals surface area contributed by atoms with E-state index in [-0.39, 0.29) is 470 Å². The summed E-state index contributed by atoms with van der Waals surface area (Å²) in [5.74, 6) is -2.00. The number of carbonyl (C=O) groups is 2. The molecule has 722 valence electrons. The first kappa shape index (κ1) is 164. The summed E-state index contributed by atoms with van der Waals surface area (Å²) in [4.78, 5) is 26.6. The number of carbonyl (C=O) groups excluding carboxylic acids is 2. The Bertz CT molecular complexity index is 5830. The van der Waals surface area contributed by atoms with Crippen LogP contribution in [0.1, 0.15) is 20.7 Å². The first-order valence-corrected chi connectivity index (χ1v) is 52.0. The second-order valence-corrected chi connectivity index (χ2v) is 41.1. The van der Waals surface area contributed by atoms with Crippen molar-refractivity contribution in [3.8, 4) is 0 Å². The number of hydrogen-bond acceptors (Lipinski definition) is 52. The monoisotopic (exact) mass is 2470 g/mol. The predicted octanol–water partition coefficient (Wildman–Crippen LogP) is -48.7. The molecule has 0 aromatic heterocycles. The van der Waals surface area contributed by atoms with Crippen molar-refractivity contribution in [3.05, 3.63) is 83.9 Å². The van der Waals surface area contributed by atoms with Crippen LogP contribution >= 0.6 is 23.5 Å². The molecule has 0 unspecified atom stereocenters. The fourth-order valence-electron chi connectivity index (χ4n) is 10.9. The van der Waals surface area contributed by atoms with Crippen LogP contribution in [0.3, 0.4) is 0 Å². The summed E-state index contributed by atoms with van der Waals surface area (Å²) in [6.07, 6.45) is -56.7. The van der Waals surface area contributed by atoms with Gasteiger partial charge < -0.3 is 39.1 Å². The third-order valence-electron chi connectivity index (χ3n) is 14.9. The van der Waals surface area contributed by atoms with Crippen LogP contribution in [0.25, 0.3) is 0 Å². The second-order valence-electron chi connectivity index (χ2n) is 23.9. The molecule has 66 nitrogen and oxygen atoms in total. The quantitative estimate of drug-likeness (QED) is 0.0185. The summed E-state index contributed by atoms with van der Waals surface area (Å²) in [7, 11) is -85.4. The SMILES string of the molecule is O=C(Nc1ccc(S[C@@H]2O[C@H](COS(=O)(=O)O)[C@@H](O[C@H]3O[C@H](COS(=O)(=O)O)[C@@H](OS(=O)(=O)O)[C@H](OS(=O)(=O)O)[C@H]3OS(=O)(=O)O)[C@H](OS(=O)(=O)O)[C@H]2OS(=O)(=O)O)cc1)c1ccc(C(=O)Nc2ccc(S[C@@H]3O[C@H](COS(=O)(=O)O)[C@@H](O[C@H]4O[C@H](COS(=O)(=O)O)[C@@H](OS(=O)(=O)O)[C@H](OS(=O)(=O)O)[C@H]4OS(=O)(=O)O)[C@H](OS(=O)(=O)O)[C@H]3OS(=O)(=O)O)cc2)cc1.[Na+].[Na+].[Na+].[Na+].[Na+].[Na+].[Na+].[Na+].[Na+].[Na+].[Na+].[Na+].[Na+].[Na+]. The van der Waals surface area contributed by atoms with Crippen molar-refractivity contribution < 1.29 is 692 Å². The van der Waals surface area contributed by atoms with Gasteiger partial charge in [-0.05, 0) is 72.8 Å². The third-order valence-corrected chi connectivity index (χ3v) is 23.6. The molecule has 3 aromatic rings. The minimum atomic E-state index is -6.30. The van der Waals surface area contributed by atoms with E-state index >= 15 is 0 Å². The Morgan fingerprint density at radius 1 is 0.236 bits per heavy atom. The molecule has 0 radical (unpaired) electrons. The molecule has 7 rings (SSSR count). The average molecular weight is 2470 g/mol. The molecular formula is C44H56N2Na14O64S16+14. The number of hydrogen-bond donors (Lipinski definition) is 16. The van der Waals surface area contributed by atoms with Crippen molar-refractivity contribution >= 4 is 192 Å². The van der Waals surface area contributed by atoms with E-state index in [2.05, 4.69) is 69.2 Å². The van der Waals surface area contributed by atoms with Gasteiger partial charge in [0, 0.05) is 32.3 Å². The van der Waals surface area contributed by atoms with Crippen LogP contribution < -0.4 is 424 Å². The van der Waals surface area contributed by atoms with Crippen molar-refractivity contribution in [1.29, 1.82) is 0 Å². The maximum absolute atomic E-state index is 13.6. The van der Waals surface area contributed by atoms with Crippen LogP contribution in [0.15, 0.2) is 82.6 Å². The minimum absolute atomic E-state index is 0. The van der Waals surface area contributed by atoms with Crippen LogP contribution in [0.2, 0.25) is 0 Å². The van der Waals surface area contributed by atoms with Crippen molar-refractivity contribution in [2.75, 3.05) is 37.1 Å². The molecule has 4 aliphatic heterocycles. The Kier molecular flexibility index (Phi) is 80.0. The van der Waals surface area contributed by atoms with E-state index in [1.807, 2.05) is 0 Å². The Balaban J connectivity index is -0.00000207. The average Bonchev–Trinajstić information content (AvgIpc) is 0.756. The third kappa shape index (κ3) is 62.1. The Morgan fingerprint density at radius 2 is 0.414 bits per heavy atom. The van der Waals surface area contributed by atoms with Gasteiger partial charge in [0.1, 0.15) is 96.3 Å². The van der Waals surface area contributed by atoms with E-state index in [1.165, 1.54) is 0 Å². The fourth-order valence-corrected chi connectivity index (χ4v) is 19.4. The van der Waals surface area contributed by atoms with Crippen LogP contribution in [0.4, 0.5) is 11.4 Å². The standard InChI is InChI=1S/C44H56N2O64S16.14Na/c47-39(45-19-5-9-21(10-6-19)111-43-37(109-125(85,86)87)31(103-119(67,68)69)27(23(97-43)13-91-113(49,50)51)99-41-35(107-123(79,80)81)33(105-121(73,74)75)29(101-117(61,62)63)25(95-41)15-93-115(55,56)57)17-1-2-18(4-3-17)40(48)46-20-7-11-22(12-8-20)112-44-38(110-126(88,89)90)32(104-120(70,71)72)28(24(98-44)14-92-114(52,53)54)100-42-36(108-124(82,83)84)34(106-122(76,77)78)30(102-118(64,65)66)26(96-42)16-94-116(58,59)60;;;;;;;;;;;;;;/h1-12,23-38,41-44H,13-16H2,(H,45,47)(H,46,48)(H,49,50,51)(H,52,53,54)(H,55,56,57)(H,58,59,60)(H,61,62,63)(H,64,65,66)(H,67,68,69)(H,70,71,72)(H,73,74,75)(H,76,77,78)(H,79,80,81)(H,82,83,84)(H,85,86,87)(H,88,89,90);;;;;;;;;;;;;;/q;14*+1/t23-,24-,25-,26-,27-,28-,29-,30-,31+,32+,33+,34+,35-,36-,37-,38-,41-,42-,43+,44+;;;;;;;;;;;;;;/m1............../s1. The summed E-state index contributed by atoms with van der Waals surface area (Å²) in [5, 5.41) is 4.76. The minimum Gasteiger partial charge on any atom is -0.356 e. The molecule has 4 fully saturated rings. The van der Waals surface area contributed by atoms with Crippen LogP contribution in [-0.4, -0.2) is 341 Å². The van der Waals surface area contributed by atoms with Gasteiger partial charge in [-0.15, -0.1) is 0 Å². The van der Waals surface area contributed by atoms with Gasteiger partial charge in [-0.3, -0.25) is 73.3 Å². The molecule has 0 spiro atoms. The summed E-state index contributed by atoms with van der Waals surface area (Å²) < 4.78 is 569. The second kappa shape index (κ2) is 68.1. The van der Waals surface area contributed by atoms with Crippen molar-refractivity contribution in [2.45, 2.75) is 131 Å². The summed E-state index contributed by atoms with van der Waals surface area (Å²) in [6, 6.07) is 12.2. The molecule has 3 aromatic carbocycles. The molecule has 2 amide bonds. The number of amides is 2. The van der Waals surface area contributed by atoms with Gasteiger partial charge >= 0.3 is 559 Å². The van der Waals surface area contributed by atoms with Crippen LogP contribution in [0.5, 0.6) is 0 Å². The molecule has 16 N–H and O–H groups in total. The number of rotatable bonds is 44. The Morgan fingerprint density at radius 3 is 0.614 bits per heavy atom. The summed E-state index contributed by atoms with van der Waals surface area (Å²) in [5.41, 5.74) is -5.78. The van der Waals surface area contributed by atoms with Crippen LogP contribution in [0, 0.1) is 0 Å². The van der Waals surface area contributed by atoms with E-state index < -0.39 is 305 Å². The first-order valence-electron chi connectivity index (χ1n) is 31.1. The smallest absolute Gasteiger partial charge is 0.356 e. The molecule has 4 saturated heterocycles. The van der Waals surface area contributed by atoms with Gasteiger partial charge in [0.2, 0.25) is 0 Å². The molecule has 0 bridgehead atoms. The molecule has 0 aliphatic carbocycles. The summed E-state index contributed by atoms with van der Waals surface area (Å²) in [6.45, 7) is -7.63. The topological polar surface area (TPSA) is 1000 Å². The molecule has 140 heavy (non-hydrogen) atoms. The molecule has 4 heterocycles. The van der Waals surface area contributed by atoms with E-state index in [9.17, 15) is 191 Å². The zero-order chi connectivity index (χ0) is 95.5. The largest absolute Gasteiger partial charge is 1.00 e. The van der Waals surface area contributed by atoms with E-state index in [1.54, 1.807) is 0 Å². The van der Waals surface area contributed by atoms with Crippen molar-refractivity contribution in [1.82, 2.24) is 0 Å². The number of thioether (sulfide) groups is 2. The van der Waals surface area contributed by atoms with E-state index in [4.69, 9.17) is 28.4 Å². The fraction of sp³-hybridized carbons (Fsp3) is 0.545. The zero-order valence-electron chi connectivity index (χ0n) is 73.5. The molecule has 96 heteroatoms. The van der Waals surface area contributed by atoms with Gasteiger partial charge in [-0.1, -0.05) is 23.5 Å². The molecular weight excluding hydrogens is 2420 g/mol. The van der Waals surface area contributed by atoms with Crippen molar-refractivity contribution in [3.63, 3.8) is 0 Å². The van der Waals surface area contributed by atoms with Gasteiger partial charge in [-0.2, -0.15) is 118 Å². The van der Waals surface area contributed by atoms with Gasteiger partial charge in [-0.25, -0.2) is 58.6 Å². The Labute approximate surface area is 1110 Å². The maximum atomic E-state index is 13.6. The van der Waals surface area contributed by atoms with Gasteiger partial charge in [0.05, 0.1) is 26.4 Å². The maximum Gasteiger partial charge on any atom is 1.00 e. The van der Waals surface area contributed by atoms with Crippen LogP contribution in [-0.2, 0) is 233 Å². The zero-order valence-corrected chi connectivity index (χ0v) is 115. The molecule has 0 saturated carbocycles. The van der Waals surface area contributed by atoms with E-state index in [0.717, 1.165) is 72.8 Å². The Hall–Kier alpha value is 9.24. The van der Waals surface area contributed by atoms with Gasteiger partial charge in [0.25, 0.3) is 11.8 Å². The molecule has 4 aliphatic rings. The number of ether oxygens (including phenoxy) is 6. The normalized spacial score (nSPS) is 25.4. The number of benzene rings is 3.